The number of hydrogen-bond acceptors (Lipinski definition) is 15. The van der Waals surface area contributed by atoms with Crippen LogP contribution < -0.4 is 14.7 Å². The van der Waals surface area contributed by atoms with Gasteiger partial charge in [0.15, 0.2) is 0 Å². The van der Waals surface area contributed by atoms with E-state index in [4.69, 9.17) is 30.2 Å². The zero-order chi connectivity index (χ0) is 73.5. The van der Waals surface area contributed by atoms with Crippen molar-refractivity contribution < 1.29 is 24.6 Å². The second-order valence-corrected chi connectivity index (χ2v) is 28.9. The van der Waals surface area contributed by atoms with Gasteiger partial charge in [-0.25, -0.2) is 29.0 Å². The van der Waals surface area contributed by atoms with Crippen LogP contribution in [0.4, 0.5) is 17.5 Å². The zero-order valence-electron chi connectivity index (χ0n) is 60.9. The predicted molar refractivity (Wildman–Crippen MR) is 418 cm³/mol. The van der Waals surface area contributed by atoms with E-state index in [1.54, 1.807) is 6.92 Å². The van der Waals surface area contributed by atoms with Crippen molar-refractivity contribution in [2.75, 3.05) is 54.0 Å². The van der Waals surface area contributed by atoms with E-state index in [9.17, 15) is 24.6 Å². The summed E-state index contributed by atoms with van der Waals surface area (Å²) in [6, 6.07) is 50.0. The number of benzene rings is 6. The molecule has 3 saturated heterocycles. The molecule has 0 amide bonds. The van der Waals surface area contributed by atoms with Crippen molar-refractivity contribution in [3.05, 3.63) is 199 Å². The van der Waals surface area contributed by atoms with Gasteiger partial charge in [0, 0.05) is 134 Å². The first-order valence-corrected chi connectivity index (χ1v) is 36.9. The lowest BCUT2D eigenvalue weighted by atomic mass is 9.93. The van der Waals surface area contributed by atoms with Crippen LogP contribution in [-0.4, -0.2) is 141 Å². The van der Waals surface area contributed by atoms with Gasteiger partial charge in [0.05, 0.1) is 80.6 Å². The Morgan fingerprint density at radius 2 is 0.776 bits per heavy atom. The minimum atomic E-state index is -0.701. The minimum absolute atomic E-state index is 0.175. The smallest absolute Gasteiger partial charge is 0.307 e. The third-order valence-electron chi connectivity index (χ3n) is 22.3. The van der Waals surface area contributed by atoms with Gasteiger partial charge in [-0.15, -0.1) is 0 Å². The molecular weight excluding hydrogens is 1340 g/mol. The van der Waals surface area contributed by atoms with Gasteiger partial charge in [-0.05, 0) is 135 Å². The number of carboxylic acids is 2. The molecule has 9 aromatic heterocycles. The highest BCUT2D eigenvalue weighted by Crippen LogP contribution is 2.52. The van der Waals surface area contributed by atoms with Gasteiger partial charge in [-0.3, -0.25) is 28.4 Å². The lowest BCUT2D eigenvalue weighted by Crippen LogP contribution is -2.36. The molecule has 19 rings (SSSR count). The summed E-state index contributed by atoms with van der Waals surface area (Å²) in [5.74, 6) is 1.90. The number of para-hydroxylation sites is 3. The molecule has 107 heavy (non-hydrogen) atoms. The molecule has 1 saturated carbocycles. The lowest BCUT2D eigenvalue weighted by molar-refractivity contribution is -0.142. The molecule has 4 aliphatic rings. The van der Waals surface area contributed by atoms with Gasteiger partial charge in [-0.1, -0.05) is 105 Å². The van der Waals surface area contributed by atoms with E-state index in [1.807, 2.05) is 129 Å². The first-order valence-electron chi connectivity index (χ1n) is 36.9. The molecule has 0 bridgehead atoms. The second-order valence-electron chi connectivity index (χ2n) is 28.9. The SMILES string of the molecule is CC(=O)C1CCN(c2ccc(-n3nc(-c4cccc5nn(C)cc45)c4cccc(C)c43)cn2)CC1.CCc1cccc2c(-c3cccc4nn(C)cc34)nn(-c3ccc(N4CC5C(C4)C5C(=O)O)nc3)c12.CCc1cccc2c(-c3cccc4nn(C)cc34)nn(-c3ccc(N4CCC(C(=O)O)CC4)nc3)c12. The number of piperidine rings is 3. The summed E-state index contributed by atoms with van der Waals surface area (Å²) in [7, 11) is 5.82. The Morgan fingerprint density at radius 1 is 0.411 bits per heavy atom. The fourth-order valence-corrected chi connectivity index (χ4v) is 16.7. The van der Waals surface area contributed by atoms with Crippen LogP contribution in [-0.2, 0) is 48.4 Å². The van der Waals surface area contributed by atoms with Gasteiger partial charge in [0.1, 0.15) is 40.3 Å². The summed E-state index contributed by atoms with van der Waals surface area (Å²) in [6.45, 7) is 12.8. The molecule has 12 heterocycles. The Labute approximate surface area is 616 Å². The number of ketones is 1. The van der Waals surface area contributed by atoms with E-state index in [0.29, 0.717) is 31.7 Å². The van der Waals surface area contributed by atoms with Crippen molar-refractivity contribution in [1.82, 2.24) is 73.6 Å². The number of carbonyl (C=O) groups excluding carboxylic acids is 1. The Hall–Kier alpha value is -12.4. The molecule has 4 fully saturated rings. The maximum Gasteiger partial charge on any atom is 0.307 e. The standard InChI is InChI=1S/C28H26N6O2.C28H28N6O2.C28H28N6O/c1-3-16-6-4-8-19-26(18-7-5-9-23-20(18)13-32(2)30-23)31-34(27(16)19)17-10-11-24(29-12-17)33-14-21-22(15-33)25(21)28(35)36;1-3-18-6-4-8-22-26(21-7-5-9-24-23(21)17-32(2)30-24)31-34(27(18)22)20-10-11-25(29-16-20)33-14-12-19(13-15-33)28(35)36;1-18-6-4-8-23-27(22-7-5-9-25-24(22)17-32(3)30-25)31-34(28(18)23)21-10-11-26(29-16-21)33-14-12-20(13-15-33)19(2)35/h4-13,21-22,25H,3,14-15H2,1-2H3,(H,35,36);4-11,16-17,19H,3,12-15H2,1-2H3,(H,35,36);4-11,16-17,20H,12-15H2,1-3H3. The van der Waals surface area contributed by atoms with Gasteiger partial charge >= 0.3 is 11.9 Å². The number of pyridine rings is 3. The van der Waals surface area contributed by atoms with E-state index in [2.05, 4.69) is 154 Å². The zero-order valence-corrected chi connectivity index (χ0v) is 60.9. The van der Waals surface area contributed by atoms with Crippen LogP contribution in [0.3, 0.4) is 0 Å². The van der Waals surface area contributed by atoms with Crippen molar-refractivity contribution in [2.45, 2.75) is 66.2 Å². The predicted octanol–water partition coefficient (Wildman–Crippen LogP) is 14.2. The van der Waals surface area contributed by atoms with Crippen LogP contribution in [0.25, 0.3) is 116 Å². The van der Waals surface area contributed by atoms with Crippen LogP contribution in [0.2, 0.25) is 0 Å². The molecule has 0 spiro atoms. The van der Waals surface area contributed by atoms with Crippen molar-refractivity contribution in [2.24, 2.45) is 50.7 Å². The minimum Gasteiger partial charge on any atom is -0.481 e. The summed E-state index contributed by atoms with van der Waals surface area (Å²) < 4.78 is 11.6. The summed E-state index contributed by atoms with van der Waals surface area (Å²) in [5.41, 5.74) is 18.5. The Morgan fingerprint density at radius 3 is 1.14 bits per heavy atom. The van der Waals surface area contributed by atoms with E-state index in [1.165, 1.54) is 11.1 Å². The highest BCUT2D eigenvalue weighted by atomic mass is 16.4. The molecule has 2 unspecified atom stereocenters. The van der Waals surface area contributed by atoms with E-state index in [-0.39, 0.29) is 29.6 Å². The molecule has 3 aliphatic heterocycles. The molecular formula is C84H82N18O5. The maximum atomic E-state index is 11.7. The maximum absolute atomic E-state index is 11.7. The fourth-order valence-electron chi connectivity index (χ4n) is 16.7. The van der Waals surface area contributed by atoms with Gasteiger partial charge < -0.3 is 24.9 Å². The molecule has 538 valence electrons. The Kier molecular flexibility index (Phi) is 17.5. The van der Waals surface area contributed by atoms with Crippen molar-refractivity contribution in [3.63, 3.8) is 0 Å². The molecule has 23 heteroatoms. The van der Waals surface area contributed by atoms with Gasteiger partial charge in [0.25, 0.3) is 0 Å². The Balaban J connectivity index is 0.000000118. The monoisotopic (exact) mass is 1420 g/mol. The van der Waals surface area contributed by atoms with Crippen LogP contribution in [0, 0.1) is 36.5 Å². The first-order chi connectivity index (χ1) is 52.0. The van der Waals surface area contributed by atoms with E-state index in [0.717, 1.165) is 191 Å². The fraction of sp³-hybridized carbons (Fsp3) is 0.286. The molecule has 0 radical (unpaired) electrons. The molecule has 2 atom stereocenters. The number of aliphatic carboxylic acids is 2. The van der Waals surface area contributed by atoms with Gasteiger partial charge in [0.2, 0.25) is 0 Å². The van der Waals surface area contributed by atoms with Crippen LogP contribution in [0.1, 0.15) is 63.1 Å². The summed E-state index contributed by atoms with van der Waals surface area (Å²) in [6.07, 6.45) is 16.7. The number of aromatic nitrogens is 15. The quantitative estimate of drug-likeness (QED) is 0.103. The van der Waals surface area contributed by atoms with Crippen LogP contribution in [0.15, 0.2) is 183 Å². The Bertz CT molecular complexity index is 5700. The number of rotatable bonds is 14. The number of nitrogens with zero attached hydrogens (tertiary/aromatic N) is 18. The highest BCUT2D eigenvalue weighted by Gasteiger charge is 2.60. The van der Waals surface area contributed by atoms with Crippen molar-refractivity contribution in [3.8, 4) is 50.8 Å². The third-order valence-corrected chi connectivity index (χ3v) is 22.3. The van der Waals surface area contributed by atoms with Crippen LogP contribution >= 0.6 is 0 Å². The number of Topliss-reactive ketones (excluding diaryl/α,β-unsaturated/α-hetero) is 1. The first kappa shape index (κ1) is 67.8. The largest absolute Gasteiger partial charge is 0.481 e. The molecule has 1 aliphatic carbocycles. The normalized spacial score (nSPS) is 16.8. The molecule has 23 nitrogen and oxygen atoms in total. The number of hydrogen-bond donors (Lipinski definition) is 2. The number of anilines is 3. The average Bonchev–Trinajstić information content (AvgIpc) is 1.51. The van der Waals surface area contributed by atoms with Crippen LogP contribution in [0.5, 0.6) is 0 Å². The lowest BCUT2D eigenvalue weighted by Gasteiger charge is -2.31. The number of carbonyl (C=O) groups is 3. The topological polar surface area (TPSA) is 247 Å². The molecule has 6 aromatic carbocycles. The summed E-state index contributed by atoms with van der Waals surface area (Å²) >= 11 is 0. The van der Waals surface area contributed by atoms with Crippen molar-refractivity contribution >= 4 is 101 Å². The van der Waals surface area contributed by atoms with E-state index < -0.39 is 11.9 Å². The third kappa shape index (κ3) is 12.4. The summed E-state index contributed by atoms with van der Waals surface area (Å²) in [5, 5.41) is 54.3. The molecule has 2 N–H and O–H groups in total. The van der Waals surface area contributed by atoms with Crippen molar-refractivity contribution in [1.29, 1.82) is 0 Å². The number of carboxylic acid groups (broad SMARTS) is 2. The number of fused-ring (bicyclic) bond motifs is 7. The highest BCUT2D eigenvalue weighted by molar-refractivity contribution is 6.06. The van der Waals surface area contributed by atoms with Gasteiger partial charge in [-0.2, -0.15) is 30.6 Å². The van der Waals surface area contributed by atoms with E-state index >= 15 is 0 Å². The number of aryl methyl sites for hydroxylation is 6. The second kappa shape index (κ2) is 27.6. The average molecular weight is 1420 g/mol. The summed E-state index contributed by atoms with van der Waals surface area (Å²) in [4.78, 5) is 55.2. The molecule has 15 aromatic rings.